The van der Waals surface area contributed by atoms with Crippen molar-refractivity contribution in [2.45, 2.75) is 0 Å². The number of fused-ring (bicyclic) bond motifs is 3. The lowest BCUT2D eigenvalue weighted by Gasteiger charge is -2.07. The molecule has 31 heavy (non-hydrogen) atoms. The Morgan fingerprint density at radius 2 is 1.74 bits per heavy atom. The van der Waals surface area contributed by atoms with E-state index < -0.39 is 4.92 Å². The molecule has 0 unspecified atom stereocenters. The quantitative estimate of drug-likeness (QED) is 0.301. The fourth-order valence-electron chi connectivity index (χ4n) is 3.41. The van der Waals surface area contributed by atoms with Crippen LogP contribution in [0.2, 0.25) is 0 Å². The van der Waals surface area contributed by atoms with Gasteiger partial charge in [-0.15, -0.1) is 10.2 Å². The van der Waals surface area contributed by atoms with E-state index in [0.717, 1.165) is 16.6 Å². The Morgan fingerprint density at radius 3 is 2.55 bits per heavy atom. The maximum absolute atomic E-state index is 13.2. The van der Waals surface area contributed by atoms with Gasteiger partial charge in [-0.25, -0.2) is 9.37 Å². The molecule has 7 nitrogen and oxygen atoms in total. The third kappa shape index (κ3) is 3.40. The van der Waals surface area contributed by atoms with Crippen LogP contribution in [-0.2, 0) is 0 Å². The Bertz CT molecular complexity index is 1480. The summed E-state index contributed by atoms with van der Waals surface area (Å²) in [7, 11) is 0. The molecule has 2 aromatic heterocycles. The van der Waals surface area contributed by atoms with Gasteiger partial charge in [0.2, 0.25) is 0 Å². The van der Waals surface area contributed by atoms with Gasteiger partial charge < -0.3 is 0 Å². The van der Waals surface area contributed by atoms with Crippen molar-refractivity contribution >= 4 is 34.5 Å². The minimum Gasteiger partial charge on any atom is -0.271 e. The highest BCUT2D eigenvalue weighted by Crippen LogP contribution is 2.27. The standard InChI is InChI=1S/C23H14FN5O2/c24-17-11-8-15(9-12-17)10-13-20-23-27-26-22(16-4-3-5-18(14-16)29(30)31)28(23)21-7-2-1-6-19(21)25-20/h1-14H/b13-10+. The summed E-state index contributed by atoms with van der Waals surface area (Å²) in [6.07, 6.45) is 3.61. The molecule has 0 radical (unpaired) electrons. The molecule has 0 saturated carbocycles. The molecule has 8 heteroatoms. The molecule has 0 atom stereocenters. The largest absolute Gasteiger partial charge is 0.271 e. The Labute approximate surface area is 175 Å². The second-order valence-corrected chi connectivity index (χ2v) is 6.86. The summed E-state index contributed by atoms with van der Waals surface area (Å²) in [4.78, 5) is 15.5. The zero-order valence-electron chi connectivity index (χ0n) is 16.0. The first-order valence-electron chi connectivity index (χ1n) is 9.42. The summed E-state index contributed by atoms with van der Waals surface area (Å²) in [5.74, 6) is 0.177. The number of nitrogens with zero attached hydrogens (tertiary/aromatic N) is 5. The van der Waals surface area contributed by atoms with Crippen LogP contribution in [0.5, 0.6) is 0 Å². The lowest BCUT2D eigenvalue weighted by molar-refractivity contribution is -0.384. The van der Waals surface area contributed by atoms with Gasteiger partial charge in [-0.2, -0.15) is 0 Å². The van der Waals surface area contributed by atoms with Gasteiger partial charge >= 0.3 is 0 Å². The first kappa shape index (κ1) is 18.6. The summed E-state index contributed by atoms with van der Waals surface area (Å²) in [5.41, 5.74) is 3.96. The van der Waals surface area contributed by atoms with Gasteiger partial charge in [-0.05, 0) is 35.9 Å². The smallest absolute Gasteiger partial charge is 0.270 e. The van der Waals surface area contributed by atoms with E-state index in [-0.39, 0.29) is 11.5 Å². The van der Waals surface area contributed by atoms with E-state index in [4.69, 9.17) is 4.98 Å². The number of hydrogen-bond acceptors (Lipinski definition) is 5. The third-order valence-corrected chi connectivity index (χ3v) is 4.87. The summed E-state index contributed by atoms with van der Waals surface area (Å²) >= 11 is 0. The highest BCUT2D eigenvalue weighted by molar-refractivity contribution is 5.85. The van der Waals surface area contributed by atoms with Crippen LogP contribution in [0.4, 0.5) is 10.1 Å². The zero-order chi connectivity index (χ0) is 21.4. The van der Waals surface area contributed by atoms with Crippen molar-refractivity contribution in [2.24, 2.45) is 0 Å². The van der Waals surface area contributed by atoms with Crippen LogP contribution in [0.15, 0.2) is 72.8 Å². The fraction of sp³-hybridized carbons (Fsp3) is 0. The first-order valence-corrected chi connectivity index (χ1v) is 9.42. The van der Waals surface area contributed by atoms with E-state index in [1.165, 1.54) is 24.3 Å². The van der Waals surface area contributed by atoms with Crippen molar-refractivity contribution in [2.75, 3.05) is 0 Å². The average Bonchev–Trinajstić information content (AvgIpc) is 3.24. The van der Waals surface area contributed by atoms with Gasteiger partial charge in [0.15, 0.2) is 11.5 Å². The minimum atomic E-state index is -0.441. The average molecular weight is 411 g/mol. The molecule has 0 aliphatic rings. The molecule has 2 heterocycles. The van der Waals surface area contributed by atoms with Crippen molar-refractivity contribution in [1.29, 1.82) is 0 Å². The first-order chi connectivity index (χ1) is 15.1. The number of rotatable bonds is 4. The summed E-state index contributed by atoms with van der Waals surface area (Å²) < 4.78 is 15.0. The number of nitro groups is 1. The van der Waals surface area contributed by atoms with Crippen molar-refractivity contribution in [3.8, 4) is 11.4 Å². The molecule has 0 fully saturated rings. The molecule has 0 bridgehead atoms. The molecule has 0 amide bonds. The number of halogens is 1. The maximum Gasteiger partial charge on any atom is 0.270 e. The van der Waals surface area contributed by atoms with Crippen LogP contribution < -0.4 is 0 Å². The Kier molecular flexibility index (Phi) is 4.44. The molecule has 0 N–H and O–H groups in total. The SMILES string of the molecule is O=[N+]([O-])c1cccc(-c2nnc3c(/C=C/c4ccc(F)cc4)nc4ccccc4n23)c1. The van der Waals surface area contributed by atoms with Crippen LogP contribution in [0, 0.1) is 15.9 Å². The Hall–Kier alpha value is -4.46. The number of benzene rings is 3. The Balaban J connectivity index is 1.72. The van der Waals surface area contributed by atoms with E-state index in [1.54, 1.807) is 30.3 Å². The van der Waals surface area contributed by atoms with Crippen molar-refractivity contribution in [1.82, 2.24) is 19.6 Å². The molecule has 0 spiro atoms. The molecule has 0 aliphatic heterocycles. The van der Waals surface area contributed by atoms with E-state index in [9.17, 15) is 14.5 Å². The minimum absolute atomic E-state index is 0.0240. The number of para-hydroxylation sites is 2. The summed E-state index contributed by atoms with van der Waals surface area (Å²) in [6.45, 7) is 0. The number of aromatic nitrogens is 4. The molecule has 5 aromatic rings. The van der Waals surface area contributed by atoms with Crippen molar-refractivity contribution in [3.63, 3.8) is 0 Å². The van der Waals surface area contributed by atoms with Gasteiger partial charge in [0.1, 0.15) is 11.5 Å². The van der Waals surface area contributed by atoms with Crippen molar-refractivity contribution < 1.29 is 9.31 Å². The van der Waals surface area contributed by atoms with E-state index >= 15 is 0 Å². The second-order valence-electron chi connectivity index (χ2n) is 6.86. The third-order valence-electron chi connectivity index (χ3n) is 4.87. The van der Waals surface area contributed by atoms with Crippen LogP contribution >= 0.6 is 0 Å². The van der Waals surface area contributed by atoms with Gasteiger partial charge in [-0.3, -0.25) is 14.5 Å². The van der Waals surface area contributed by atoms with Gasteiger partial charge in [0.05, 0.1) is 16.0 Å². The predicted molar refractivity (Wildman–Crippen MR) is 116 cm³/mol. The maximum atomic E-state index is 13.2. The Morgan fingerprint density at radius 1 is 0.935 bits per heavy atom. The fourth-order valence-corrected chi connectivity index (χ4v) is 3.41. The summed E-state index contributed by atoms with van der Waals surface area (Å²) in [6, 6.07) is 19.9. The van der Waals surface area contributed by atoms with E-state index in [2.05, 4.69) is 10.2 Å². The van der Waals surface area contributed by atoms with Gasteiger partial charge in [-0.1, -0.05) is 42.5 Å². The lowest BCUT2D eigenvalue weighted by atomic mass is 10.1. The van der Waals surface area contributed by atoms with E-state index in [0.29, 0.717) is 22.7 Å². The normalized spacial score (nSPS) is 11.5. The monoisotopic (exact) mass is 411 g/mol. The van der Waals surface area contributed by atoms with Crippen LogP contribution in [0.3, 0.4) is 0 Å². The van der Waals surface area contributed by atoms with Gasteiger partial charge in [0.25, 0.3) is 5.69 Å². The predicted octanol–water partition coefficient (Wildman–Crippen LogP) is 5.16. The zero-order valence-corrected chi connectivity index (χ0v) is 16.0. The van der Waals surface area contributed by atoms with Crippen molar-refractivity contribution in [3.05, 3.63) is 100.0 Å². The number of nitro benzene ring substituents is 1. The topological polar surface area (TPSA) is 86.2 Å². The van der Waals surface area contributed by atoms with Gasteiger partial charge in [0, 0.05) is 17.7 Å². The molecule has 150 valence electrons. The molecule has 3 aromatic carbocycles. The second kappa shape index (κ2) is 7.42. The van der Waals surface area contributed by atoms with Crippen LogP contribution in [0.1, 0.15) is 11.3 Å². The summed E-state index contributed by atoms with van der Waals surface area (Å²) in [5, 5.41) is 19.8. The van der Waals surface area contributed by atoms with E-state index in [1.807, 2.05) is 34.7 Å². The van der Waals surface area contributed by atoms with Crippen LogP contribution in [-0.4, -0.2) is 24.5 Å². The highest BCUT2D eigenvalue weighted by atomic mass is 19.1. The van der Waals surface area contributed by atoms with Crippen LogP contribution in [0.25, 0.3) is 40.2 Å². The number of hydrogen-bond donors (Lipinski definition) is 0. The molecule has 0 saturated heterocycles. The molecule has 0 aliphatic carbocycles. The number of non-ortho nitro benzene ring substituents is 1. The molecular formula is C23H14FN5O2. The highest BCUT2D eigenvalue weighted by Gasteiger charge is 2.17. The molecular weight excluding hydrogens is 397 g/mol. The lowest BCUT2D eigenvalue weighted by Crippen LogP contribution is -1.98. The molecule has 5 rings (SSSR count).